The Morgan fingerprint density at radius 3 is 2.62 bits per heavy atom. The summed E-state index contributed by atoms with van der Waals surface area (Å²) in [7, 11) is 0. The van der Waals surface area contributed by atoms with E-state index >= 15 is 0 Å². The van der Waals surface area contributed by atoms with Crippen LogP contribution in [0, 0.1) is 5.41 Å². The second-order valence-electron chi connectivity index (χ2n) is 4.56. The number of nitrogens with zero attached hydrogens (tertiary/aromatic N) is 1. The first-order valence-corrected chi connectivity index (χ1v) is 5.98. The fourth-order valence-corrected chi connectivity index (χ4v) is 2.26. The molecule has 1 aliphatic heterocycles. The third-order valence-electron chi connectivity index (χ3n) is 3.35. The van der Waals surface area contributed by atoms with Crippen LogP contribution in [0.15, 0.2) is 12.7 Å². The minimum atomic E-state index is 0.163. The molecule has 1 rings (SSSR count). The van der Waals surface area contributed by atoms with Crippen LogP contribution in [0.1, 0.15) is 12.8 Å². The lowest BCUT2D eigenvalue weighted by Crippen LogP contribution is -2.46. The summed E-state index contributed by atoms with van der Waals surface area (Å²) in [4.78, 5) is 2.21. The average molecular weight is 228 g/mol. The highest BCUT2D eigenvalue weighted by atomic mass is 16.5. The van der Waals surface area contributed by atoms with Gasteiger partial charge < -0.3 is 15.6 Å². The molecule has 0 spiro atoms. The number of nitrogens with two attached hydrogens (primary N) is 1. The Bertz CT molecular complexity index is 203. The predicted octanol–water partition coefficient (Wildman–Crippen LogP) is 0.222. The van der Waals surface area contributed by atoms with Crippen LogP contribution in [-0.4, -0.2) is 56.0 Å². The van der Waals surface area contributed by atoms with Crippen molar-refractivity contribution in [1.29, 1.82) is 0 Å². The molecule has 1 heterocycles. The highest BCUT2D eigenvalue weighted by Crippen LogP contribution is 2.30. The highest BCUT2D eigenvalue weighted by Gasteiger charge is 2.32. The summed E-state index contributed by atoms with van der Waals surface area (Å²) in [5.41, 5.74) is 6.07. The molecule has 4 heteroatoms. The first-order chi connectivity index (χ1) is 7.76. The van der Waals surface area contributed by atoms with Gasteiger partial charge in [0.2, 0.25) is 0 Å². The van der Waals surface area contributed by atoms with E-state index in [1.54, 1.807) is 0 Å². The van der Waals surface area contributed by atoms with E-state index in [4.69, 9.17) is 15.6 Å². The molecule has 0 aromatic heterocycles. The number of hydrogen-bond acceptors (Lipinski definition) is 4. The van der Waals surface area contributed by atoms with Crippen molar-refractivity contribution in [3.8, 4) is 0 Å². The van der Waals surface area contributed by atoms with Crippen molar-refractivity contribution in [1.82, 2.24) is 4.90 Å². The van der Waals surface area contributed by atoms with Gasteiger partial charge >= 0.3 is 0 Å². The molecule has 0 unspecified atom stereocenters. The fraction of sp³-hybridized carbons (Fsp3) is 0.833. The molecule has 16 heavy (non-hydrogen) atoms. The van der Waals surface area contributed by atoms with Crippen molar-refractivity contribution in [3.05, 3.63) is 12.7 Å². The van der Waals surface area contributed by atoms with Crippen LogP contribution >= 0.6 is 0 Å². The van der Waals surface area contributed by atoms with E-state index < -0.39 is 0 Å². The Labute approximate surface area is 98.1 Å². The summed E-state index contributed by atoms with van der Waals surface area (Å²) >= 11 is 0. The van der Waals surface area contributed by atoms with Gasteiger partial charge in [-0.15, -0.1) is 6.58 Å². The summed E-state index contributed by atoms with van der Waals surface area (Å²) in [6.45, 7) is 8.66. The molecule has 0 radical (unpaired) electrons. The minimum Gasteiger partial charge on any atom is -0.395 e. The van der Waals surface area contributed by atoms with Crippen molar-refractivity contribution in [2.75, 3.05) is 46.0 Å². The quantitative estimate of drug-likeness (QED) is 0.612. The van der Waals surface area contributed by atoms with Crippen LogP contribution in [0.3, 0.4) is 0 Å². The van der Waals surface area contributed by atoms with Crippen LogP contribution < -0.4 is 5.73 Å². The summed E-state index contributed by atoms with van der Waals surface area (Å²) in [6, 6.07) is 0. The van der Waals surface area contributed by atoms with E-state index in [0.29, 0.717) is 13.1 Å². The molecule has 0 saturated carbocycles. The van der Waals surface area contributed by atoms with Crippen molar-refractivity contribution in [2.24, 2.45) is 11.1 Å². The Hall–Kier alpha value is -0.420. The van der Waals surface area contributed by atoms with Crippen LogP contribution in [0.2, 0.25) is 0 Å². The van der Waals surface area contributed by atoms with E-state index in [-0.39, 0.29) is 12.0 Å². The van der Waals surface area contributed by atoms with Gasteiger partial charge in [0.15, 0.2) is 0 Å². The van der Waals surface area contributed by atoms with Crippen molar-refractivity contribution >= 4 is 0 Å². The van der Waals surface area contributed by atoms with E-state index in [1.165, 1.54) is 0 Å². The molecule has 0 bridgehead atoms. The maximum absolute atomic E-state index is 9.02. The lowest BCUT2D eigenvalue weighted by Gasteiger charge is -2.39. The fourth-order valence-electron chi connectivity index (χ4n) is 2.26. The second-order valence-corrected chi connectivity index (χ2v) is 4.56. The number of hydrogen-bond donors (Lipinski definition) is 2. The molecule has 1 fully saturated rings. The Morgan fingerprint density at radius 1 is 1.44 bits per heavy atom. The third kappa shape index (κ3) is 3.87. The normalized spacial score (nSPS) is 19.9. The Kier molecular flexibility index (Phi) is 5.98. The molecule has 0 atom stereocenters. The molecule has 3 N–H and O–H groups in total. The molecule has 0 amide bonds. The summed E-state index contributed by atoms with van der Waals surface area (Å²) in [5, 5.41) is 9.02. The van der Waals surface area contributed by atoms with E-state index in [2.05, 4.69) is 11.5 Å². The Balaban J connectivity index is 2.53. The zero-order chi connectivity index (χ0) is 11.9. The van der Waals surface area contributed by atoms with Gasteiger partial charge in [-0.05, 0) is 24.8 Å². The average Bonchev–Trinajstić information content (AvgIpc) is 2.31. The SMILES string of the molecule is C=CCN(CCO)CC1(CN)CCOCC1. The summed E-state index contributed by atoms with van der Waals surface area (Å²) < 4.78 is 5.38. The van der Waals surface area contributed by atoms with Crippen molar-refractivity contribution < 1.29 is 9.84 Å². The van der Waals surface area contributed by atoms with E-state index in [9.17, 15) is 0 Å². The van der Waals surface area contributed by atoms with Crippen LogP contribution in [-0.2, 0) is 4.74 Å². The third-order valence-corrected chi connectivity index (χ3v) is 3.35. The van der Waals surface area contributed by atoms with Crippen molar-refractivity contribution in [3.63, 3.8) is 0 Å². The van der Waals surface area contributed by atoms with Gasteiger partial charge in [0.1, 0.15) is 0 Å². The van der Waals surface area contributed by atoms with Gasteiger partial charge in [0, 0.05) is 32.8 Å². The van der Waals surface area contributed by atoms with Gasteiger partial charge in [-0.2, -0.15) is 0 Å². The number of ether oxygens (including phenoxy) is 1. The molecular weight excluding hydrogens is 204 g/mol. The van der Waals surface area contributed by atoms with Gasteiger partial charge in [0.25, 0.3) is 0 Å². The minimum absolute atomic E-state index is 0.163. The second kappa shape index (κ2) is 7.01. The zero-order valence-corrected chi connectivity index (χ0v) is 10.0. The molecule has 0 aromatic carbocycles. The van der Waals surface area contributed by atoms with E-state index in [0.717, 1.165) is 39.1 Å². The first kappa shape index (κ1) is 13.6. The monoisotopic (exact) mass is 228 g/mol. The van der Waals surface area contributed by atoms with Gasteiger partial charge in [-0.1, -0.05) is 6.08 Å². The van der Waals surface area contributed by atoms with Gasteiger partial charge in [0.05, 0.1) is 6.61 Å². The molecule has 94 valence electrons. The molecule has 1 saturated heterocycles. The zero-order valence-electron chi connectivity index (χ0n) is 10.0. The molecule has 0 aromatic rings. The molecule has 0 aliphatic carbocycles. The van der Waals surface area contributed by atoms with Crippen LogP contribution in [0.5, 0.6) is 0 Å². The first-order valence-electron chi connectivity index (χ1n) is 5.98. The molecular formula is C12H24N2O2. The number of aliphatic hydroxyl groups excluding tert-OH is 1. The van der Waals surface area contributed by atoms with Gasteiger partial charge in [-0.3, -0.25) is 4.90 Å². The maximum Gasteiger partial charge on any atom is 0.0558 e. The largest absolute Gasteiger partial charge is 0.395 e. The van der Waals surface area contributed by atoms with Crippen molar-refractivity contribution in [2.45, 2.75) is 12.8 Å². The summed E-state index contributed by atoms with van der Waals surface area (Å²) in [6.07, 6.45) is 3.91. The lowest BCUT2D eigenvalue weighted by atomic mass is 9.79. The maximum atomic E-state index is 9.02. The topological polar surface area (TPSA) is 58.7 Å². The van der Waals surface area contributed by atoms with Gasteiger partial charge in [-0.25, -0.2) is 0 Å². The number of aliphatic hydroxyl groups is 1. The standard InChI is InChI=1S/C12H24N2O2/c1-2-5-14(6-7-15)11-12(10-13)3-8-16-9-4-12/h2,15H,1,3-11,13H2. The molecule has 4 nitrogen and oxygen atoms in total. The van der Waals surface area contributed by atoms with Crippen LogP contribution in [0.25, 0.3) is 0 Å². The molecule has 1 aliphatic rings. The lowest BCUT2D eigenvalue weighted by molar-refractivity contribution is -0.000347. The van der Waals surface area contributed by atoms with E-state index in [1.807, 2.05) is 6.08 Å². The highest BCUT2D eigenvalue weighted by molar-refractivity contribution is 4.87. The number of rotatable bonds is 7. The predicted molar refractivity (Wildman–Crippen MR) is 65.3 cm³/mol. The summed E-state index contributed by atoms with van der Waals surface area (Å²) in [5.74, 6) is 0. The van der Waals surface area contributed by atoms with Crippen LogP contribution in [0.4, 0.5) is 0 Å². The smallest absolute Gasteiger partial charge is 0.0558 e. The Morgan fingerprint density at radius 2 is 2.12 bits per heavy atom.